The molecule has 0 aliphatic carbocycles. The molecule has 0 aromatic heterocycles. The highest BCUT2D eigenvalue weighted by molar-refractivity contribution is 7.99. The van der Waals surface area contributed by atoms with Crippen LogP contribution in [0.2, 0.25) is 0 Å². The minimum atomic E-state index is 0.213. The molecule has 0 fully saturated rings. The van der Waals surface area contributed by atoms with Gasteiger partial charge in [0.15, 0.2) is 11.5 Å². The number of ether oxygens (including phenoxy) is 2. The Morgan fingerprint density at radius 1 is 1.29 bits per heavy atom. The van der Waals surface area contributed by atoms with E-state index in [2.05, 4.69) is 31.3 Å². The number of rotatable bonds is 8. The van der Waals surface area contributed by atoms with E-state index in [1.165, 1.54) is 5.56 Å². The summed E-state index contributed by atoms with van der Waals surface area (Å²) in [5.41, 5.74) is 1.27. The van der Waals surface area contributed by atoms with Crippen LogP contribution in [-0.2, 0) is 6.42 Å². The molecule has 0 radical (unpaired) electrons. The molecule has 0 saturated carbocycles. The highest BCUT2D eigenvalue weighted by Crippen LogP contribution is 2.32. The molecule has 3 atom stereocenters. The fourth-order valence-corrected chi connectivity index (χ4v) is 3.19. The first-order valence-electron chi connectivity index (χ1n) is 7.42. The molecular formula is C16H25NO3S. The van der Waals surface area contributed by atoms with E-state index in [9.17, 15) is 5.11 Å². The molecule has 4 nitrogen and oxygen atoms in total. The maximum atomic E-state index is 9.32. The molecule has 0 saturated heterocycles. The topological polar surface area (TPSA) is 50.7 Å². The van der Waals surface area contributed by atoms with E-state index >= 15 is 0 Å². The molecule has 5 heteroatoms. The van der Waals surface area contributed by atoms with Crippen LogP contribution in [0.15, 0.2) is 18.2 Å². The van der Waals surface area contributed by atoms with Crippen LogP contribution in [-0.4, -0.2) is 42.1 Å². The lowest BCUT2D eigenvalue weighted by atomic mass is 10.0. The number of aryl methyl sites for hydroxylation is 1. The highest BCUT2D eigenvalue weighted by atomic mass is 32.2. The molecule has 3 unspecified atom stereocenters. The second kappa shape index (κ2) is 7.92. The van der Waals surface area contributed by atoms with Crippen molar-refractivity contribution in [3.63, 3.8) is 0 Å². The number of aliphatic hydroxyl groups excluding tert-OH is 1. The predicted molar refractivity (Wildman–Crippen MR) is 87.3 cm³/mol. The molecule has 0 bridgehead atoms. The Balaban J connectivity index is 1.79. The zero-order chi connectivity index (χ0) is 15.2. The van der Waals surface area contributed by atoms with Crippen LogP contribution in [0.5, 0.6) is 11.5 Å². The lowest BCUT2D eigenvalue weighted by Gasteiger charge is -2.25. The maximum absolute atomic E-state index is 9.32. The largest absolute Gasteiger partial charge is 0.454 e. The number of thioether (sulfide) groups is 1. The van der Waals surface area contributed by atoms with Gasteiger partial charge in [-0.3, -0.25) is 0 Å². The Kier molecular flexibility index (Phi) is 6.21. The molecule has 2 N–H and O–H groups in total. The molecule has 1 heterocycles. The molecule has 1 aliphatic heterocycles. The van der Waals surface area contributed by atoms with Gasteiger partial charge in [0.25, 0.3) is 0 Å². The van der Waals surface area contributed by atoms with Gasteiger partial charge in [0.1, 0.15) is 0 Å². The van der Waals surface area contributed by atoms with Crippen molar-refractivity contribution in [2.75, 3.05) is 19.7 Å². The third kappa shape index (κ3) is 4.53. The van der Waals surface area contributed by atoms with Gasteiger partial charge in [-0.15, -0.1) is 0 Å². The van der Waals surface area contributed by atoms with Gasteiger partial charge in [-0.05, 0) is 50.6 Å². The van der Waals surface area contributed by atoms with E-state index < -0.39 is 0 Å². The van der Waals surface area contributed by atoms with E-state index in [-0.39, 0.29) is 11.9 Å². The summed E-state index contributed by atoms with van der Waals surface area (Å²) in [6, 6.07) is 6.86. The van der Waals surface area contributed by atoms with Gasteiger partial charge < -0.3 is 19.9 Å². The van der Waals surface area contributed by atoms with Crippen molar-refractivity contribution in [3.05, 3.63) is 23.8 Å². The fraction of sp³-hybridized carbons (Fsp3) is 0.625. The zero-order valence-electron chi connectivity index (χ0n) is 13.0. The normalized spacial score (nSPS) is 17.5. The molecular weight excluding hydrogens is 286 g/mol. The minimum absolute atomic E-state index is 0.213. The summed E-state index contributed by atoms with van der Waals surface area (Å²) in [6.07, 6.45) is 4.09. The monoisotopic (exact) mass is 311 g/mol. The molecule has 1 aromatic rings. The first-order chi connectivity index (χ1) is 10.1. The number of hydrogen-bond acceptors (Lipinski definition) is 5. The first-order valence-corrected chi connectivity index (χ1v) is 8.71. The molecule has 1 aliphatic rings. The number of hydrogen-bond donors (Lipinski definition) is 2. The molecule has 0 amide bonds. The standard InChI is InChI=1S/C16H25NO3S/c1-11(17-12(2)16(9-18)21-3)4-5-13-6-7-14-15(8-13)20-10-19-14/h6-8,11-12,16-18H,4-5,9-10H2,1-3H3. The van der Waals surface area contributed by atoms with E-state index in [4.69, 9.17) is 9.47 Å². The zero-order valence-corrected chi connectivity index (χ0v) is 13.8. The quantitative estimate of drug-likeness (QED) is 0.772. The summed E-state index contributed by atoms with van der Waals surface area (Å²) in [6.45, 7) is 4.86. The van der Waals surface area contributed by atoms with E-state index in [0.29, 0.717) is 18.9 Å². The third-order valence-electron chi connectivity index (χ3n) is 3.89. The van der Waals surface area contributed by atoms with Crippen LogP contribution >= 0.6 is 11.8 Å². The van der Waals surface area contributed by atoms with Crippen molar-refractivity contribution in [2.24, 2.45) is 0 Å². The number of benzene rings is 1. The highest BCUT2D eigenvalue weighted by Gasteiger charge is 2.17. The van der Waals surface area contributed by atoms with Crippen LogP contribution in [0.25, 0.3) is 0 Å². The average molecular weight is 311 g/mol. The molecule has 118 valence electrons. The lowest BCUT2D eigenvalue weighted by Crippen LogP contribution is -2.42. The van der Waals surface area contributed by atoms with Gasteiger partial charge in [0.05, 0.1) is 6.61 Å². The number of fused-ring (bicyclic) bond motifs is 1. The Morgan fingerprint density at radius 3 is 2.76 bits per heavy atom. The summed E-state index contributed by atoms with van der Waals surface area (Å²) >= 11 is 1.71. The van der Waals surface area contributed by atoms with Crippen molar-refractivity contribution in [3.8, 4) is 11.5 Å². The minimum Gasteiger partial charge on any atom is -0.454 e. The van der Waals surface area contributed by atoms with Crippen LogP contribution in [0.3, 0.4) is 0 Å². The van der Waals surface area contributed by atoms with Gasteiger partial charge in [0.2, 0.25) is 6.79 Å². The van der Waals surface area contributed by atoms with Crippen molar-refractivity contribution in [1.29, 1.82) is 0 Å². The average Bonchev–Trinajstić information content (AvgIpc) is 2.93. The van der Waals surface area contributed by atoms with Crippen molar-refractivity contribution in [1.82, 2.24) is 5.32 Å². The summed E-state index contributed by atoms with van der Waals surface area (Å²) in [7, 11) is 0. The third-order valence-corrected chi connectivity index (χ3v) is 5.05. The van der Waals surface area contributed by atoms with Crippen molar-refractivity contribution < 1.29 is 14.6 Å². The summed E-state index contributed by atoms with van der Waals surface area (Å²) in [5, 5.41) is 13.1. The van der Waals surface area contributed by atoms with E-state index in [0.717, 1.165) is 24.3 Å². The maximum Gasteiger partial charge on any atom is 0.231 e. The van der Waals surface area contributed by atoms with Crippen LogP contribution in [0.4, 0.5) is 0 Å². The van der Waals surface area contributed by atoms with Gasteiger partial charge in [-0.25, -0.2) is 0 Å². The van der Waals surface area contributed by atoms with Crippen LogP contribution < -0.4 is 14.8 Å². The molecule has 21 heavy (non-hydrogen) atoms. The van der Waals surface area contributed by atoms with E-state index in [1.54, 1.807) is 11.8 Å². The second-order valence-corrected chi connectivity index (χ2v) is 6.62. The second-order valence-electron chi connectivity index (χ2n) is 5.54. The number of nitrogens with one attached hydrogen (secondary N) is 1. The van der Waals surface area contributed by atoms with Gasteiger partial charge >= 0.3 is 0 Å². The fourth-order valence-electron chi connectivity index (χ4n) is 2.56. The van der Waals surface area contributed by atoms with Gasteiger partial charge in [-0.2, -0.15) is 11.8 Å². The smallest absolute Gasteiger partial charge is 0.231 e. The van der Waals surface area contributed by atoms with Gasteiger partial charge in [-0.1, -0.05) is 6.07 Å². The summed E-state index contributed by atoms with van der Waals surface area (Å²) in [5.74, 6) is 1.69. The Hall–Kier alpha value is -0.910. The lowest BCUT2D eigenvalue weighted by molar-refractivity contribution is 0.174. The Morgan fingerprint density at radius 2 is 2.05 bits per heavy atom. The molecule has 0 spiro atoms. The van der Waals surface area contributed by atoms with E-state index in [1.807, 2.05) is 12.3 Å². The molecule has 1 aromatic carbocycles. The Labute approximate surface area is 131 Å². The first kappa shape index (κ1) is 16.5. The SMILES string of the molecule is CSC(CO)C(C)NC(C)CCc1ccc2c(c1)OCO2. The Bertz CT molecular complexity index is 451. The van der Waals surface area contributed by atoms with Gasteiger partial charge in [0, 0.05) is 17.3 Å². The van der Waals surface area contributed by atoms with Crippen molar-refractivity contribution in [2.45, 2.75) is 44.0 Å². The predicted octanol–water partition coefficient (Wildman–Crippen LogP) is 2.44. The van der Waals surface area contributed by atoms with Crippen LogP contribution in [0, 0.1) is 0 Å². The molecule has 2 rings (SSSR count). The summed E-state index contributed by atoms with van der Waals surface area (Å²) < 4.78 is 10.7. The van der Waals surface area contributed by atoms with Crippen molar-refractivity contribution >= 4 is 11.8 Å². The van der Waals surface area contributed by atoms with Crippen LogP contribution in [0.1, 0.15) is 25.8 Å². The number of aliphatic hydroxyl groups is 1. The summed E-state index contributed by atoms with van der Waals surface area (Å²) in [4.78, 5) is 0.